The molecule has 0 aromatic carbocycles. The first-order chi connectivity index (χ1) is 4.70. The van der Waals surface area contributed by atoms with Crippen LogP contribution in [-0.2, 0) is 11.3 Å². The highest BCUT2D eigenvalue weighted by Crippen LogP contribution is 1.98. The molecule has 54 valence electrons. The smallest absolute Gasteiger partial charge is 0.149 e. The summed E-state index contributed by atoms with van der Waals surface area (Å²) in [5.74, 6) is 0.194. The SMILES string of the molecule is CC(=O)Cn1cccc1C. The number of aryl methyl sites for hydroxylation is 1. The second kappa shape index (κ2) is 2.69. The Morgan fingerprint density at radius 3 is 2.80 bits per heavy atom. The average molecular weight is 137 g/mol. The summed E-state index contributed by atoms with van der Waals surface area (Å²) >= 11 is 0. The van der Waals surface area contributed by atoms with Gasteiger partial charge in [-0.2, -0.15) is 0 Å². The third kappa shape index (κ3) is 1.47. The Bertz CT molecular complexity index is 237. The number of nitrogens with zero attached hydrogens (tertiary/aromatic N) is 1. The lowest BCUT2D eigenvalue weighted by molar-refractivity contribution is -0.117. The fourth-order valence-corrected chi connectivity index (χ4v) is 0.917. The van der Waals surface area contributed by atoms with Gasteiger partial charge in [-0.15, -0.1) is 0 Å². The highest BCUT2D eigenvalue weighted by atomic mass is 16.1. The first kappa shape index (κ1) is 7.06. The molecule has 0 bridgehead atoms. The summed E-state index contributed by atoms with van der Waals surface area (Å²) < 4.78 is 1.93. The number of ketones is 1. The Morgan fingerprint density at radius 1 is 1.70 bits per heavy atom. The maximum absolute atomic E-state index is 10.6. The summed E-state index contributed by atoms with van der Waals surface area (Å²) in [4.78, 5) is 10.6. The van der Waals surface area contributed by atoms with E-state index in [1.54, 1.807) is 6.92 Å². The van der Waals surface area contributed by atoms with Gasteiger partial charge in [0.1, 0.15) is 5.78 Å². The number of hydrogen-bond donors (Lipinski definition) is 0. The van der Waals surface area contributed by atoms with Crippen molar-refractivity contribution in [2.75, 3.05) is 0 Å². The molecule has 0 saturated carbocycles. The molecule has 0 amide bonds. The quantitative estimate of drug-likeness (QED) is 0.603. The van der Waals surface area contributed by atoms with Crippen LogP contribution in [0.5, 0.6) is 0 Å². The predicted octanol–water partition coefficient (Wildman–Crippen LogP) is 1.39. The van der Waals surface area contributed by atoms with Crippen LogP contribution >= 0.6 is 0 Å². The lowest BCUT2D eigenvalue weighted by atomic mass is 10.4. The zero-order chi connectivity index (χ0) is 7.56. The number of rotatable bonds is 2. The first-order valence-corrected chi connectivity index (χ1v) is 3.31. The van der Waals surface area contributed by atoms with Crippen LogP contribution in [0.15, 0.2) is 18.3 Å². The molecular formula is C8H11NO. The van der Waals surface area contributed by atoms with Crippen molar-refractivity contribution in [2.45, 2.75) is 20.4 Å². The van der Waals surface area contributed by atoms with Crippen LogP contribution in [0.25, 0.3) is 0 Å². The van der Waals surface area contributed by atoms with Crippen LogP contribution in [0.3, 0.4) is 0 Å². The van der Waals surface area contributed by atoms with E-state index < -0.39 is 0 Å². The second-order valence-electron chi connectivity index (χ2n) is 2.48. The predicted molar refractivity (Wildman–Crippen MR) is 39.9 cm³/mol. The van der Waals surface area contributed by atoms with Crippen molar-refractivity contribution in [3.05, 3.63) is 24.0 Å². The molecule has 0 unspecified atom stereocenters. The number of Topliss-reactive ketones (excluding diaryl/α,β-unsaturated/α-hetero) is 1. The Balaban J connectivity index is 2.74. The lowest BCUT2D eigenvalue weighted by Crippen LogP contribution is -2.05. The molecule has 1 rings (SSSR count). The summed E-state index contributed by atoms with van der Waals surface area (Å²) in [6.45, 7) is 4.08. The highest BCUT2D eigenvalue weighted by molar-refractivity contribution is 5.75. The van der Waals surface area contributed by atoms with Crippen LogP contribution in [0.1, 0.15) is 12.6 Å². The second-order valence-corrected chi connectivity index (χ2v) is 2.48. The molecule has 0 atom stereocenters. The number of carbonyl (C=O) groups excluding carboxylic acids is 1. The van der Waals surface area contributed by atoms with Crippen molar-refractivity contribution in [1.82, 2.24) is 4.57 Å². The molecule has 0 radical (unpaired) electrons. The van der Waals surface area contributed by atoms with Crippen molar-refractivity contribution in [3.63, 3.8) is 0 Å². The van der Waals surface area contributed by atoms with Gasteiger partial charge in [0.25, 0.3) is 0 Å². The van der Waals surface area contributed by atoms with Crippen molar-refractivity contribution in [3.8, 4) is 0 Å². The fourth-order valence-electron chi connectivity index (χ4n) is 0.917. The van der Waals surface area contributed by atoms with Crippen LogP contribution in [-0.4, -0.2) is 10.4 Å². The molecule has 0 saturated heterocycles. The van der Waals surface area contributed by atoms with Crippen LogP contribution in [0, 0.1) is 6.92 Å². The lowest BCUT2D eigenvalue weighted by Gasteiger charge is -2.00. The normalized spacial score (nSPS) is 9.80. The molecule has 2 heteroatoms. The van der Waals surface area contributed by atoms with Gasteiger partial charge in [0.15, 0.2) is 0 Å². The van der Waals surface area contributed by atoms with Gasteiger partial charge >= 0.3 is 0 Å². The molecule has 1 aromatic rings. The molecule has 10 heavy (non-hydrogen) atoms. The Kier molecular flexibility index (Phi) is 1.90. The molecule has 2 nitrogen and oxygen atoms in total. The number of hydrogen-bond acceptors (Lipinski definition) is 1. The van der Waals surface area contributed by atoms with E-state index >= 15 is 0 Å². The van der Waals surface area contributed by atoms with E-state index in [1.165, 1.54) is 0 Å². The minimum absolute atomic E-state index is 0.194. The molecular weight excluding hydrogens is 126 g/mol. The van der Waals surface area contributed by atoms with Gasteiger partial charge in [0.2, 0.25) is 0 Å². The molecule has 1 heterocycles. The monoisotopic (exact) mass is 137 g/mol. The summed E-state index contributed by atoms with van der Waals surface area (Å²) in [5.41, 5.74) is 1.13. The topological polar surface area (TPSA) is 22.0 Å². The first-order valence-electron chi connectivity index (χ1n) is 3.31. The van der Waals surface area contributed by atoms with E-state index in [9.17, 15) is 4.79 Å². The summed E-state index contributed by atoms with van der Waals surface area (Å²) in [6, 6.07) is 3.93. The van der Waals surface area contributed by atoms with Gasteiger partial charge in [-0.05, 0) is 26.0 Å². The summed E-state index contributed by atoms with van der Waals surface area (Å²) in [7, 11) is 0. The fraction of sp³-hybridized carbons (Fsp3) is 0.375. The standard InChI is InChI=1S/C8H11NO/c1-7-4-3-5-9(7)6-8(2)10/h3-5H,6H2,1-2H3. The van der Waals surface area contributed by atoms with Crippen molar-refractivity contribution in [2.24, 2.45) is 0 Å². The van der Waals surface area contributed by atoms with E-state index in [4.69, 9.17) is 0 Å². The molecule has 0 aliphatic heterocycles. The Morgan fingerprint density at radius 2 is 2.40 bits per heavy atom. The molecule has 0 fully saturated rings. The third-order valence-electron chi connectivity index (χ3n) is 1.45. The molecule has 1 aromatic heterocycles. The third-order valence-corrected chi connectivity index (χ3v) is 1.45. The van der Waals surface area contributed by atoms with Gasteiger partial charge in [0, 0.05) is 11.9 Å². The van der Waals surface area contributed by atoms with E-state index in [0.29, 0.717) is 6.54 Å². The van der Waals surface area contributed by atoms with Gasteiger partial charge in [-0.25, -0.2) is 0 Å². The number of aromatic nitrogens is 1. The maximum Gasteiger partial charge on any atom is 0.149 e. The van der Waals surface area contributed by atoms with Crippen molar-refractivity contribution >= 4 is 5.78 Å². The minimum Gasteiger partial charge on any atom is -0.344 e. The molecule has 0 spiro atoms. The zero-order valence-corrected chi connectivity index (χ0v) is 6.29. The van der Waals surface area contributed by atoms with Crippen LogP contribution in [0.4, 0.5) is 0 Å². The highest BCUT2D eigenvalue weighted by Gasteiger charge is 1.96. The Labute approximate surface area is 60.5 Å². The van der Waals surface area contributed by atoms with Gasteiger partial charge in [-0.3, -0.25) is 4.79 Å². The molecule has 0 aliphatic rings. The van der Waals surface area contributed by atoms with Crippen molar-refractivity contribution in [1.29, 1.82) is 0 Å². The Hall–Kier alpha value is -1.05. The minimum atomic E-state index is 0.194. The molecule has 0 N–H and O–H groups in total. The largest absolute Gasteiger partial charge is 0.344 e. The van der Waals surface area contributed by atoms with E-state index in [2.05, 4.69) is 0 Å². The van der Waals surface area contributed by atoms with Gasteiger partial charge in [0.05, 0.1) is 6.54 Å². The maximum atomic E-state index is 10.6. The average Bonchev–Trinajstić information content (AvgIpc) is 2.15. The molecule has 0 aliphatic carbocycles. The summed E-state index contributed by atoms with van der Waals surface area (Å²) in [6.07, 6.45) is 1.91. The van der Waals surface area contributed by atoms with Crippen LogP contribution in [0.2, 0.25) is 0 Å². The van der Waals surface area contributed by atoms with Gasteiger partial charge in [-0.1, -0.05) is 0 Å². The van der Waals surface area contributed by atoms with E-state index in [0.717, 1.165) is 5.69 Å². The summed E-state index contributed by atoms with van der Waals surface area (Å²) in [5, 5.41) is 0. The van der Waals surface area contributed by atoms with Crippen LogP contribution < -0.4 is 0 Å². The number of carbonyl (C=O) groups is 1. The van der Waals surface area contributed by atoms with E-state index in [1.807, 2.05) is 29.8 Å². The zero-order valence-electron chi connectivity index (χ0n) is 6.29. The van der Waals surface area contributed by atoms with Crippen molar-refractivity contribution < 1.29 is 4.79 Å². The van der Waals surface area contributed by atoms with Gasteiger partial charge < -0.3 is 4.57 Å². The van der Waals surface area contributed by atoms with E-state index in [-0.39, 0.29) is 5.78 Å².